The highest BCUT2D eigenvalue weighted by Crippen LogP contribution is 2.39. The van der Waals surface area contributed by atoms with Gasteiger partial charge in [0.25, 0.3) is 5.69 Å². The molecule has 0 aliphatic rings. The molecule has 0 fully saturated rings. The number of nitro groups is 1. The fraction of sp³-hybridized carbons (Fsp3) is 0.292. The molecule has 11 nitrogen and oxygen atoms in total. The van der Waals surface area contributed by atoms with Crippen molar-refractivity contribution in [2.75, 3.05) is 51.6 Å². The van der Waals surface area contributed by atoms with Crippen LogP contribution in [-0.4, -0.2) is 70.9 Å². The number of nitrogens with one attached hydrogen (secondary N) is 1. The van der Waals surface area contributed by atoms with E-state index in [-0.39, 0.29) is 10.6 Å². The number of aryl methyl sites for hydroxylation is 1. The van der Waals surface area contributed by atoms with Crippen molar-refractivity contribution in [1.29, 1.82) is 0 Å². The Balaban J connectivity index is 1.70. The molecule has 0 amide bonds. The first kappa shape index (κ1) is 23.9. The van der Waals surface area contributed by atoms with Crippen molar-refractivity contribution in [3.8, 4) is 17.0 Å². The molecule has 4 rings (SSSR count). The Labute approximate surface area is 203 Å². The maximum atomic E-state index is 11.9. The number of pyridine rings is 2. The molecule has 0 aliphatic heterocycles. The van der Waals surface area contributed by atoms with Crippen LogP contribution in [0.15, 0.2) is 48.8 Å². The number of fused-ring (bicyclic) bond motifs is 1. The number of likely N-dealkylation sites (N-methyl/N-ethyl adjacent to an activating group) is 2. The van der Waals surface area contributed by atoms with Gasteiger partial charge in [0.05, 0.1) is 23.2 Å². The summed E-state index contributed by atoms with van der Waals surface area (Å²) in [5, 5.41) is 19.7. The second-order valence-corrected chi connectivity index (χ2v) is 8.42. The van der Waals surface area contributed by atoms with Crippen LogP contribution in [0.4, 0.5) is 22.9 Å². The molecule has 0 atom stereocenters. The topological polar surface area (TPSA) is 114 Å². The zero-order chi connectivity index (χ0) is 25.1. The molecule has 0 bridgehead atoms. The van der Waals surface area contributed by atoms with E-state index in [9.17, 15) is 10.1 Å². The minimum Gasteiger partial charge on any atom is -0.494 e. The van der Waals surface area contributed by atoms with Gasteiger partial charge >= 0.3 is 0 Å². The van der Waals surface area contributed by atoms with E-state index in [4.69, 9.17) is 4.74 Å². The summed E-state index contributed by atoms with van der Waals surface area (Å²) >= 11 is 0. The molecular formula is C24H28N8O3. The van der Waals surface area contributed by atoms with Gasteiger partial charge in [0.2, 0.25) is 0 Å². The van der Waals surface area contributed by atoms with E-state index >= 15 is 0 Å². The van der Waals surface area contributed by atoms with Crippen LogP contribution in [0.5, 0.6) is 5.75 Å². The predicted molar refractivity (Wildman–Crippen MR) is 136 cm³/mol. The van der Waals surface area contributed by atoms with E-state index in [2.05, 4.69) is 20.4 Å². The molecule has 35 heavy (non-hydrogen) atoms. The van der Waals surface area contributed by atoms with Crippen molar-refractivity contribution < 1.29 is 9.66 Å². The molecule has 0 radical (unpaired) electrons. The molecule has 0 saturated carbocycles. The van der Waals surface area contributed by atoms with Gasteiger partial charge in [-0.25, -0.2) is 4.98 Å². The number of methoxy groups -OCH3 is 1. The van der Waals surface area contributed by atoms with Gasteiger partial charge in [-0.1, -0.05) is 0 Å². The van der Waals surface area contributed by atoms with Crippen LogP contribution in [-0.2, 0) is 7.05 Å². The van der Waals surface area contributed by atoms with Gasteiger partial charge in [-0.05, 0) is 38.4 Å². The first-order valence-corrected chi connectivity index (χ1v) is 11.0. The van der Waals surface area contributed by atoms with E-state index in [0.29, 0.717) is 29.5 Å². The van der Waals surface area contributed by atoms with Crippen molar-refractivity contribution in [1.82, 2.24) is 24.6 Å². The molecule has 182 valence electrons. The minimum atomic E-state index is -0.387. The summed E-state index contributed by atoms with van der Waals surface area (Å²) in [4.78, 5) is 24.3. The number of nitrogens with zero attached hydrogens (tertiary/aromatic N) is 7. The number of hydrogen-bond acceptors (Lipinski definition) is 9. The third kappa shape index (κ3) is 4.99. The minimum absolute atomic E-state index is 0.0226. The molecule has 1 N–H and O–H groups in total. The fourth-order valence-electron chi connectivity index (χ4n) is 3.82. The molecule has 0 spiro atoms. The highest BCUT2D eigenvalue weighted by molar-refractivity contribution is 5.90. The summed E-state index contributed by atoms with van der Waals surface area (Å²) in [6.45, 7) is 1.38. The molecular weight excluding hydrogens is 448 g/mol. The number of nitro benzene ring substituents is 1. The highest BCUT2D eigenvalue weighted by Gasteiger charge is 2.22. The number of aromatic nitrogens is 4. The summed E-state index contributed by atoms with van der Waals surface area (Å²) < 4.78 is 7.35. The lowest BCUT2D eigenvalue weighted by atomic mass is 10.1. The predicted octanol–water partition coefficient (Wildman–Crippen LogP) is 3.69. The largest absolute Gasteiger partial charge is 0.494 e. The summed E-state index contributed by atoms with van der Waals surface area (Å²) in [6, 6.07) is 10.7. The monoisotopic (exact) mass is 476 g/mol. The number of anilines is 3. The molecule has 3 heterocycles. The number of ether oxygens (including phenoxy) is 1. The van der Waals surface area contributed by atoms with Crippen LogP contribution < -0.4 is 15.0 Å². The Morgan fingerprint density at radius 3 is 2.63 bits per heavy atom. The fourth-order valence-corrected chi connectivity index (χ4v) is 3.82. The first-order chi connectivity index (χ1) is 16.8. The van der Waals surface area contributed by atoms with Gasteiger partial charge in [-0.3, -0.25) is 19.8 Å². The average molecular weight is 477 g/mol. The van der Waals surface area contributed by atoms with Gasteiger partial charge in [-0.2, -0.15) is 5.10 Å². The maximum Gasteiger partial charge on any atom is 0.294 e. The van der Waals surface area contributed by atoms with Gasteiger partial charge in [0, 0.05) is 57.3 Å². The Hall–Kier alpha value is -4.25. The smallest absolute Gasteiger partial charge is 0.294 e. The molecule has 3 aromatic heterocycles. The molecule has 0 unspecified atom stereocenters. The summed E-state index contributed by atoms with van der Waals surface area (Å²) in [5.74, 6) is 0.970. The second-order valence-electron chi connectivity index (χ2n) is 8.42. The van der Waals surface area contributed by atoms with E-state index in [1.807, 2.05) is 62.3 Å². The SMILES string of the molecule is COc1cc(N(C)CCN(C)C)c([N+](=O)[O-])cc1Nc1cc(-c2nn(C)c3cccnc23)ccn1. The molecule has 11 heteroatoms. The quantitative estimate of drug-likeness (QED) is 0.285. The lowest BCUT2D eigenvalue weighted by Crippen LogP contribution is -2.28. The van der Waals surface area contributed by atoms with Crippen molar-refractivity contribution in [2.24, 2.45) is 7.05 Å². The zero-order valence-corrected chi connectivity index (χ0v) is 20.4. The van der Waals surface area contributed by atoms with Crippen molar-refractivity contribution >= 4 is 33.9 Å². The first-order valence-electron chi connectivity index (χ1n) is 11.0. The van der Waals surface area contributed by atoms with Crippen LogP contribution in [0.2, 0.25) is 0 Å². The van der Waals surface area contributed by atoms with Crippen LogP contribution in [0.3, 0.4) is 0 Å². The second kappa shape index (κ2) is 9.94. The van der Waals surface area contributed by atoms with Gasteiger partial charge in [-0.15, -0.1) is 0 Å². The van der Waals surface area contributed by atoms with E-state index in [1.54, 1.807) is 23.1 Å². The van der Waals surface area contributed by atoms with Crippen LogP contribution in [0.1, 0.15) is 0 Å². The Bertz CT molecular complexity index is 1370. The zero-order valence-electron chi connectivity index (χ0n) is 20.4. The van der Waals surface area contributed by atoms with Crippen molar-refractivity contribution in [3.05, 3.63) is 58.9 Å². The molecule has 1 aromatic carbocycles. The van der Waals surface area contributed by atoms with Crippen LogP contribution >= 0.6 is 0 Å². The maximum absolute atomic E-state index is 11.9. The van der Waals surface area contributed by atoms with E-state index in [1.165, 1.54) is 13.2 Å². The van der Waals surface area contributed by atoms with Gasteiger partial charge in [0.15, 0.2) is 0 Å². The highest BCUT2D eigenvalue weighted by atomic mass is 16.6. The summed E-state index contributed by atoms with van der Waals surface area (Å²) in [5.41, 5.74) is 4.14. The third-order valence-electron chi connectivity index (χ3n) is 5.69. The van der Waals surface area contributed by atoms with E-state index < -0.39 is 0 Å². The standard InChI is InChI=1S/C24H28N8O3/c1-29(2)11-12-30(3)19-15-21(35-5)17(14-20(19)32(33)34)27-22-13-16(8-10-25-22)23-24-18(31(4)28-23)7-6-9-26-24/h6-10,13-15H,11-12H2,1-5H3,(H,25,27). The Morgan fingerprint density at radius 1 is 1.11 bits per heavy atom. The van der Waals surface area contributed by atoms with E-state index in [0.717, 1.165) is 28.8 Å². The molecule has 0 saturated heterocycles. The molecule has 0 aliphatic carbocycles. The third-order valence-corrected chi connectivity index (χ3v) is 5.69. The Kier molecular flexibility index (Phi) is 6.78. The van der Waals surface area contributed by atoms with Crippen LogP contribution in [0.25, 0.3) is 22.3 Å². The Morgan fingerprint density at radius 2 is 1.91 bits per heavy atom. The number of hydrogen-bond donors (Lipinski definition) is 1. The van der Waals surface area contributed by atoms with Crippen molar-refractivity contribution in [2.45, 2.75) is 0 Å². The number of rotatable bonds is 9. The normalized spacial score (nSPS) is 11.1. The van der Waals surface area contributed by atoms with Gasteiger partial charge < -0.3 is 19.9 Å². The van der Waals surface area contributed by atoms with Gasteiger partial charge in [0.1, 0.15) is 28.5 Å². The summed E-state index contributed by atoms with van der Waals surface area (Å²) in [7, 11) is 9.15. The number of benzene rings is 1. The molecule has 4 aromatic rings. The average Bonchev–Trinajstić information content (AvgIpc) is 3.19. The van der Waals surface area contributed by atoms with Crippen LogP contribution in [0, 0.1) is 10.1 Å². The summed E-state index contributed by atoms with van der Waals surface area (Å²) in [6.07, 6.45) is 3.39. The lowest BCUT2D eigenvalue weighted by molar-refractivity contribution is -0.384. The lowest BCUT2D eigenvalue weighted by Gasteiger charge is -2.23. The van der Waals surface area contributed by atoms with Crippen molar-refractivity contribution in [3.63, 3.8) is 0 Å².